The minimum Gasteiger partial charge on any atom is -0.508 e. The highest BCUT2D eigenvalue weighted by atomic mass is 16.5. The van der Waals surface area contributed by atoms with Gasteiger partial charge >= 0.3 is 0 Å². The maximum absolute atomic E-state index is 12.4. The van der Waals surface area contributed by atoms with Gasteiger partial charge in [-0.15, -0.1) is 0 Å². The van der Waals surface area contributed by atoms with Crippen LogP contribution in [0.15, 0.2) is 42.2 Å². The zero-order valence-corrected chi connectivity index (χ0v) is 12.1. The molecule has 1 aliphatic heterocycles. The summed E-state index contributed by atoms with van der Waals surface area (Å²) in [4.78, 5) is 12.4. The first-order valence-corrected chi connectivity index (χ1v) is 6.61. The average Bonchev–Trinajstić information content (AvgIpc) is 2.83. The predicted octanol–water partition coefficient (Wildman–Crippen LogP) is 3.03. The van der Waals surface area contributed by atoms with Gasteiger partial charge in [0.2, 0.25) is 5.78 Å². The molecule has 3 rings (SSSR count). The van der Waals surface area contributed by atoms with E-state index < -0.39 is 0 Å². The van der Waals surface area contributed by atoms with Crippen LogP contribution in [0.5, 0.6) is 23.0 Å². The molecule has 1 N–H and O–H groups in total. The van der Waals surface area contributed by atoms with Gasteiger partial charge in [0.25, 0.3) is 0 Å². The molecule has 1 heterocycles. The van der Waals surface area contributed by atoms with E-state index in [9.17, 15) is 9.90 Å². The van der Waals surface area contributed by atoms with Crippen molar-refractivity contribution in [3.05, 3.63) is 53.3 Å². The van der Waals surface area contributed by atoms with E-state index >= 15 is 0 Å². The van der Waals surface area contributed by atoms with Crippen LogP contribution in [0.1, 0.15) is 15.9 Å². The first-order chi connectivity index (χ1) is 10.6. The summed E-state index contributed by atoms with van der Waals surface area (Å²) in [5.41, 5.74) is 1.19. The molecule has 0 bridgehead atoms. The Balaban J connectivity index is 1.98. The lowest BCUT2D eigenvalue weighted by atomic mass is 10.1. The monoisotopic (exact) mass is 298 g/mol. The number of ether oxygens (including phenoxy) is 3. The lowest BCUT2D eigenvalue weighted by Gasteiger charge is -2.08. The third kappa shape index (κ3) is 2.37. The second-order valence-electron chi connectivity index (χ2n) is 4.73. The molecule has 5 nitrogen and oxygen atoms in total. The summed E-state index contributed by atoms with van der Waals surface area (Å²) in [5, 5.41) is 9.28. The molecule has 0 aliphatic carbocycles. The molecule has 0 amide bonds. The molecule has 0 fully saturated rings. The fourth-order valence-corrected chi connectivity index (χ4v) is 2.24. The molecule has 5 heteroatoms. The average molecular weight is 298 g/mol. The SMILES string of the molecule is COc1cc2c(cc1OC)C(=O)C(=Cc1ccc(O)cc1)O2. The summed E-state index contributed by atoms with van der Waals surface area (Å²) >= 11 is 0. The largest absolute Gasteiger partial charge is 0.508 e. The van der Waals surface area contributed by atoms with Gasteiger partial charge in [0, 0.05) is 6.07 Å². The van der Waals surface area contributed by atoms with Crippen molar-refractivity contribution >= 4 is 11.9 Å². The number of carbonyl (C=O) groups excluding carboxylic acids is 1. The second-order valence-corrected chi connectivity index (χ2v) is 4.73. The summed E-state index contributed by atoms with van der Waals surface area (Å²) in [6, 6.07) is 9.72. The maximum atomic E-state index is 12.4. The Bertz CT molecular complexity index is 759. The molecule has 0 aromatic heterocycles. The molecule has 112 valence electrons. The highest BCUT2D eigenvalue weighted by Gasteiger charge is 2.29. The molecule has 0 saturated carbocycles. The lowest BCUT2D eigenvalue weighted by molar-refractivity contribution is 0.101. The summed E-state index contributed by atoms with van der Waals surface area (Å²) < 4.78 is 16.0. The molecule has 0 unspecified atom stereocenters. The molecule has 2 aromatic carbocycles. The lowest BCUT2D eigenvalue weighted by Crippen LogP contribution is -1.98. The number of methoxy groups -OCH3 is 2. The van der Waals surface area contributed by atoms with Crippen molar-refractivity contribution in [2.24, 2.45) is 0 Å². The minimum absolute atomic E-state index is 0.165. The van der Waals surface area contributed by atoms with E-state index in [1.165, 1.54) is 14.2 Å². The Labute approximate surface area is 127 Å². The van der Waals surface area contributed by atoms with Gasteiger partial charge in [-0.3, -0.25) is 4.79 Å². The number of hydrogen-bond donors (Lipinski definition) is 1. The summed E-state index contributed by atoms with van der Waals surface area (Å²) in [6.45, 7) is 0. The third-order valence-corrected chi connectivity index (χ3v) is 3.36. The van der Waals surface area contributed by atoms with E-state index in [0.29, 0.717) is 22.8 Å². The summed E-state index contributed by atoms with van der Waals surface area (Å²) in [5.74, 6) is 1.58. The normalized spacial score (nSPS) is 14.6. The molecule has 0 atom stereocenters. The molecule has 0 spiro atoms. The number of Topliss-reactive ketones (excluding diaryl/α,β-unsaturated/α-hetero) is 1. The van der Waals surface area contributed by atoms with Crippen LogP contribution in [0.25, 0.3) is 6.08 Å². The van der Waals surface area contributed by atoms with Crippen LogP contribution in [0.3, 0.4) is 0 Å². The van der Waals surface area contributed by atoms with Gasteiger partial charge < -0.3 is 19.3 Å². The topological polar surface area (TPSA) is 65.0 Å². The van der Waals surface area contributed by atoms with E-state index in [4.69, 9.17) is 14.2 Å². The molecule has 0 radical (unpaired) electrons. The number of hydrogen-bond acceptors (Lipinski definition) is 5. The predicted molar refractivity (Wildman–Crippen MR) is 80.6 cm³/mol. The Morgan fingerprint density at radius 3 is 2.32 bits per heavy atom. The second kappa shape index (κ2) is 5.44. The van der Waals surface area contributed by atoms with Crippen molar-refractivity contribution in [3.8, 4) is 23.0 Å². The van der Waals surface area contributed by atoms with Crippen molar-refractivity contribution in [3.63, 3.8) is 0 Å². The van der Waals surface area contributed by atoms with Gasteiger partial charge in [-0.1, -0.05) is 12.1 Å². The van der Waals surface area contributed by atoms with E-state index in [-0.39, 0.29) is 17.3 Å². The number of benzene rings is 2. The van der Waals surface area contributed by atoms with Crippen LogP contribution in [0.2, 0.25) is 0 Å². The number of phenolic OH excluding ortho intramolecular Hbond substituents is 1. The number of carbonyl (C=O) groups is 1. The first-order valence-electron chi connectivity index (χ1n) is 6.61. The molecular weight excluding hydrogens is 284 g/mol. The Kier molecular flexibility index (Phi) is 3.47. The van der Waals surface area contributed by atoms with Crippen molar-refractivity contribution in [2.45, 2.75) is 0 Å². The fourth-order valence-electron chi connectivity index (χ4n) is 2.24. The number of ketones is 1. The zero-order chi connectivity index (χ0) is 15.7. The molecule has 1 aliphatic rings. The van der Waals surface area contributed by atoms with E-state index in [2.05, 4.69) is 0 Å². The highest BCUT2D eigenvalue weighted by Crippen LogP contribution is 2.40. The summed E-state index contributed by atoms with van der Waals surface area (Å²) in [6.07, 6.45) is 1.63. The first kappa shape index (κ1) is 14.0. The molecular formula is C17H14O5. The van der Waals surface area contributed by atoms with Crippen LogP contribution in [0.4, 0.5) is 0 Å². The van der Waals surface area contributed by atoms with Gasteiger partial charge in [0.1, 0.15) is 11.5 Å². The maximum Gasteiger partial charge on any atom is 0.232 e. The molecule has 0 saturated heterocycles. The number of phenols is 1. The van der Waals surface area contributed by atoms with Gasteiger partial charge in [-0.25, -0.2) is 0 Å². The van der Waals surface area contributed by atoms with Gasteiger partial charge in [-0.05, 0) is 29.8 Å². The Hall–Kier alpha value is -2.95. The van der Waals surface area contributed by atoms with Crippen molar-refractivity contribution < 1.29 is 24.1 Å². The van der Waals surface area contributed by atoms with Crippen LogP contribution in [-0.2, 0) is 0 Å². The Morgan fingerprint density at radius 1 is 1.05 bits per heavy atom. The van der Waals surface area contributed by atoms with Crippen LogP contribution >= 0.6 is 0 Å². The minimum atomic E-state index is -0.218. The van der Waals surface area contributed by atoms with Gasteiger partial charge in [-0.2, -0.15) is 0 Å². The zero-order valence-electron chi connectivity index (χ0n) is 12.1. The van der Waals surface area contributed by atoms with Crippen LogP contribution in [0, 0.1) is 0 Å². The van der Waals surface area contributed by atoms with E-state index in [0.717, 1.165) is 5.56 Å². The molecule has 2 aromatic rings. The van der Waals surface area contributed by atoms with Crippen molar-refractivity contribution in [1.29, 1.82) is 0 Å². The van der Waals surface area contributed by atoms with E-state index in [1.807, 2.05) is 0 Å². The number of allylic oxidation sites excluding steroid dienone is 1. The number of rotatable bonds is 3. The Morgan fingerprint density at radius 2 is 1.68 bits per heavy atom. The standard InChI is InChI=1S/C17H14O5/c1-20-14-8-12-13(9-15(14)21-2)22-16(17(12)19)7-10-3-5-11(18)6-4-10/h3-9,18H,1-2H3. The van der Waals surface area contributed by atoms with Crippen LogP contribution < -0.4 is 14.2 Å². The number of aromatic hydroxyl groups is 1. The number of fused-ring (bicyclic) bond motifs is 1. The van der Waals surface area contributed by atoms with Crippen LogP contribution in [-0.4, -0.2) is 25.1 Å². The quantitative estimate of drug-likeness (QED) is 0.882. The van der Waals surface area contributed by atoms with Crippen molar-refractivity contribution in [1.82, 2.24) is 0 Å². The highest BCUT2D eigenvalue weighted by molar-refractivity contribution is 6.14. The third-order valence-electron chi connectivity index (χ3n) is 3.36. The molecule has 22 heavy (non-hydrogen) atoms. The van der Waals surface area contributed by atoms with Crippen molar-refractivity contribution in [2.75, 3.05) is 14.2 Å². The fraction of sp³-hybridized carbons (Fsp3) is 0.118. The summed E-state index contributed by atoms with van der Waals surface area (Å²) in [7, 11) is 3.03. The van der Waals surface area contributed by atoms with Gasteiger partial charge in [0.05, 0.1) is 19.8 Å². The van der Waals surface area contributed by atoms with Gasteiger partial charge in [0.15, 0.2) is 17.3 Å². The van der Waals surface area contributed by atoms with E-state index in [1.54, 1.807) is 42.5 Å². The smallest absolute Gasteiger partial charge is 0.232 e.